The van der Waals surface area contributed by atoms with E-state index in [-0.39, 0.29) is 23.3 Å². The van der Waals surface area contributed by atoms with Gasteiger partial charge >= 0.3 is 0 Å². The number of benzene rings is 1. The lowest BCUT2D eigenvalue weighted by Crippen LogP contribution is -2.32. The Morgan fingerprint density at radius 3 is 2.76 bits per heavy atom. The second kappa shape index (κ2) is 4.33. The van der Waals surface area contributed by atoms with Crippen LogP contribution < -0.4 is 11.1 Å². The molecule has 1 saturated carbocycles. The third kappa shape index (κ3) is 2.55. The average Bonchev–Trinajstić information content (AvgIpc) is 3.07. The normalized spacial score (nSPS) is 16.6. The minimum atomic E-state index is -0.628. The van der Waals surface area contributed by atoms with Crippen LogP contribution in [0, 0.1) is 11.2 Å². The van der Waals surface area contributed by atoms with Gasteiger partial charge in [-0.1, -0.05) is 0 Å². The van der Waals surface area contributed by atoms with E-state index in [2.05, 4.69) is 5.32 Å². The molecule has 92 valence electrons. The lowest BCUT2D eigenvalue weighted by atomic mass is 10.1. The third-order valence-electron chi connectivity index (χ3n) is 3.15. The van der Waals surface area contributed by atoms with Crippen LogP contribution in [0.5, 0.6) is 0 Å². The smallest absolute Gasteiger partial charge is 0.254 e. The number of nitrogens with one attached hydrogen (secondary N) is 1. The van der Waals surface area contributed by atoms with E-state index in [4.69, 9.17) is 10.8 Å². The lowest BCUT2D eigenvalue weighted by Gasteiger charge is -2.13. The van der Waals surface area contributed by atoms with Gasteiger partial charge in [-0.2, -0.15) is 0 Å². The first kappa shape index (κ1) is 11.9. The minimum absolute atomic E-state index is 0.0204. The number of aliphatic hydroxyl groups excluding tert-OH is 1. The maximum atomic E-state index is 13.4. The highest BCUT2D eigenvalue weighted by Gasteiger charge is 2.42. The molecule has 0 radical (unpaired) electrons. The molecule has 1 aliphatic rings. The highest BCUT2D eigenvalue weighted by atomic mass is 19.1. The molecule has 1 amide bonds. The molecule has 1 aromatic rings. The lowest BCUT2D eigenvalue weighted by molar-refractivity contribution is 0.0931. The van der Waals surface area contributed by atoms with E-state index in [9.17, 15) is 9.18 Å². The van der Waals surface area contributed by atoms with Gasteiger partial charge in [0.2, 0.25) is 0 Å². The Morgan fingerprint density at radius 2 is 2.24 bits per heavy atom. The highest BCUT2D eigenvalue weighted by molar-refractivity contribution is 5.94. The van der Waals surface area contributed by atoms with E-state index in [1.54, 1.807) is 0 Å². The summed E-state index contributed by atoms with van der Waals surface area (Å²) in [5, 5.41) is 11.7. The van der Waals surface area contributed by atoms with E-state index in [1.807, 2.05) is 0 Å². The number of nitrogen functional groups attached to an aromatic ring is 1. The molecule has 0 aromatic heterocycles. The van der Waals surface area contributed by atoms with Gasteiger partial charge in [0.25, 0.3) is 5.91 Å². The van der Waals surface area contributed by atoms with Gasteiger partial charge in [0.15, 0.2) is 0 Å². The van der Waals surface area contributed by atoms with E-state index in [1.165, 1.54) is 12.1 Å². The second-order valence-corrected chi connectivity index (χ2v) is 4.58. The number of anilines is 1. The van der Waals surface area contributed by atoms with Crippen molar-refractivity contribution in [2.75, 3.05) is 18.9 Å². The van der Waals surface area contributed by atoms with Crippen molar-refractivity contribution in [3.63, 3.8) is 0 Å². The molecule has 0 spiro atoms. The Bertz CT molecular complexity index is 444. The zero-order chi connectivity index (χ0) is 12.5. The monoisotopic (exact) mass is 238 g/mol. The summed E-state index contributed by atoms with van der Waals surface area (Å²) in [6.07, 6.45) is 1.79. The molecule has 5 heteroatoms. The van der Waals surface area contributed by atoms with E-state index < -0.39 is 11.7 Å². The molecule has 2 rings (SSSR count). The predicted octanol–water partition coefficient (Wildman–Crippen LogP) is 0.910. The van der Waals surface area contributed by atoms with Crippen molar-refractivity contribution in [3.05, 3.63) is 29.6 Å². The molecule has 1 aromatic carbocycles. The largest absolute Gasteiger partial charge is 0.399 e. The number of aliphatic hydroxyl groups is 1. The number of carbonyl (C=O) groups excluding carboxylic acids is 1. The Kier molecular flexibility index (Phi) is 3.02. The molecule has 1 aliphatic carbocycles. The number of amides is 1. The molecule has 0 atom stereocenters. The summed E-state index contributed by atoms with van der Waals surface area (Å²) in [7, 11) is 0. The van der Waals surface area contributed by atoms with Crippen molar-refractivity contribution in [1.82, 2.24) is 5.32 Å². The van der Waals surface area contributed by atoms with Crippen LogP contribution in [0.3, 0.4) is 0 Å². The molecule has 4 N–H and O–H groups in total. The second-order valence-electron chi connectivity index (χ2n) is 4.58. The first-order chi connectivity index (χ1) is 8.06. The summed E-state index contributed by atoms with van der Waals surface area (Å²) in [4.78, 5) is 11.7. The van der Waals surface area contributed by atoms with Gasteiger partial charge in [0, 0.05) is 17.6 Å². The van der Waals surface area contributed by atoms with Gasteiger partial charge in [0.1, 0.15) is 5.82 Å². The van der Waals surface area contributed by atoms with Crippen LogP contribution in [0.15, 0.2) is 18.2 Å². The molecule has 0 saturated heterocycles. The predicted molar refractivity (Wildman–Crippen MR) is 61.9 cm³/mol. The van der Waals surface area contributed by atoms with Crippen LogP contribution in [0.25, 0.3) is 0 Å². The van der Waals surface area contributed by atoms with Crippen LogP contribution in [0.2, 0.25) is 0 Å². The quantitative estimate of drug-likeness (QED) is 0.682. The molecule has 4 nitrogen and oxygen atoms in total. The Balaban J connectivity index is 2.00. The van der Waals surface area contributed by atoms with Crippen molar-refractivity contribution < 1.29 is 14.3 Å². The minimum Gasteiger partial charge on any atom is -0.399 e. The Labute approximate surface area is 98.6 Å². The van der Waals surface area contributed by atoms with Crippen LogP contribution in [0.4, 0.5) is 10.1 Å². The van der Waals surface area contributed by atoms with Crippen LogP contribution in [-0.4, -0.2) is 24.2 Å². The summed E-state index contributed by atoms with van der Waals surface area (Å²) in [6, 6.07) is 3.96. The van der Waals surface area contributed by atoms with Gasteiger partial charge in [-0.15, -0.1) is 0 Å². The van der Waals surface area contributed by atoms with Gasteiger partial charge in [0.05, 0.1) is 12.2 Å². The summed E-state index contributed by atoms with van der Waals surface area (Å²) >= 11 is 0. The fourth-order valence-corrected chi connectivity index (χ4v) is 1.65. The molecule has 17 heavy (non-hydrogen) atoms. The van der Waals surface area contributed by atoms with Crippen molar-refractivity contribution in [1.29, 1.82) is 0 Å². The van der Waals surface area contributed by atoms with Gasteiger partial charge in [-0.3, -0.25) is 4.79 Å². The molecule has 0 unspecified atom stereocenters. The molecule has 0 heterocycles. The van der Waals surface area contributed by atoms with Crippen molar-refractivity contribution >= 4 is 11.6 Å². The fourth-order valence-electron chi connectivity index (χ4n) is 1.65. The highest BCUT2D eigenvalue weighted by Crippen LogP contribution is 2.44. The molecule has 0 bridgehead atoms. The van der Waals surface area contributed by atoms with Gasteiger partial charge in [-0.05, 0) is 31.0 Å². The molecular weight excluding hydrogens is 223 g/mol. The van der Waals surface area contributed by atoms with Crippen LogP contribution in [0.1, 0.15) is 23.2 Å². The Morgan fingerprint density at radius 1 is 1.53 bits per heavy atom. The molecule has 1 fully saturated rings. The van der Waals surface area contributed by atoms with Gasteiger partial charge in [-0.25, -0.2) is 4.39 Å². The summed E-state index contributed by atoms with van der Waals surface area (Å²) in [5.74, 6) is -1.10. The first-order valence-electron chi connectivity index (χ1n) is 5.50. The summed E-state index contributed by atoms with van der Waals surface area (Å²) < 4.78 is 13.4. The zero-order valence-corrected chi connectivity index (χ0v) is 9.37. The summed E-state index contributed by atoms with van der Waals surface area (Å²) in [5.41, 5.74) is 5.48. The van der Waals surface area contributed by atoms with E-state index in [0.29, 0.717) is 6.54 Å². The van der Waals surface area contributed by atoms with Crippen LogP contribution in [-0.2, 0) is 0 Å². The number of nitrogens with two attached hydrogens (primary N) is 1. The number of halogens is 1. The molecular formula is C12H15FN2O2. The maximum absolute atomic E-state index is 13.4. The maximum Gasteiger partial charge on any atom is 0.254 e. The first-order valence-corrected chi connectivity index (χ1v) is 5.50. The molecule has 0 aliphatic heterocycles. The van der Waals surface area contributed by atoms with Gasteiger partial charge < -0.3 is 16.2 Å². The number of carbonyl (C=O) groups is 1. The SMILES string of the molecule is Nc1ccc(C(=O)NCC2(CO)CC2)c(F)c1. The number of hydrogen-bond acceptors (Lipinski definition) is 3. The van der Waals surface area contributed by atoms with Crippen LogP contribution >= 0.6 is 0 Å². The topological polar surface area (TPSA) is 75.4 Å². The van der Waals surface area contributed by atoms with Crippen molar-refractivity contribution in [2.45, 2.75) is 12.8 Å². The van der Waals surface area contributed by atoms with E-state index in [0.717, 1.165) is 18.9 Å². The zero-order valence-electron chi connectivity index (χ0n) is 9.37. The average molecular weight is 238 g/mol. The summed E-state index contributed by atoms with van der Waals surface area (Å²) in [6.45, 7) is 0.434. The number of hydrogen-bond donors (Lipinski definition) is 3. The third-order valence-corrected chi connectivity index (χ3v) is 3.15. The van der Waals surface area contributed by atoms with Crippen molar-refractivity contribution in [3.8, 4) is 0 Å². The number of rotatable bonds is 4. The standard InChI is InChI=1S/C12H15FN2O2/c13-10-5-8(14)1-2-9(10)11(17)15-6-12(7-16)3-4-12/h1-2,5,16H,3-4,6-7,14H2,(H,15,17). The Hall–Kier alpha value is -1.62. The van der Waals surface area contributed by atoms with E-state index >= 15 is 0 Å². The fraction of sp³-hybridized carbons (Fsp3) is 0.417. The van der Waals surface area contributed by atoms with Crippen molar-refractivity contribution in [2.24, 2.45) is 5.41 Å².